The monoisotopic (exact) mass is 370 g/mol. The molecule has 0 aliphatic rings. The van der Waals surface area contributed by atoms with Gasteiger partial charge in [0.15, 0.2) is 0 Å². The number of unbranched alkanes of at least 4 members (excludes halogenated alkanes) is 4. The van der Waals surface area contributed by atoms with E-state index in [9.17, 15) is 9.90 Å². The fourth-order valence-electron chi connectivity index (χ4n) is 3.08. The molecule has 4 atom stereocenters. The van der Waals surface area contributed by atoms with Crippen molar-refractivity contribution in [1.29, 1.82) is 0 Å². The van der Waals surface area contributed by atoms with Crippen LogP contribution < -0.4 is 0 Å². The quantitative estimate of drug-likeness (QED) is 0.219. The summed E-state index contributed by atoms with van der Waals surface area (Å²) < 4.78 is 11.8. The van der Waals surface area contributed by atoms with E-state index in [1.165, 1.54) is 25.7 Å². The van der Waals surface area contributed by atoms with Crippen molar-refractivity contribution in [3.63, 3.8) is 0 Å². The van der Waals surface area contributed by atoms with Gasteiger partial charge in [-0.05, 0) is 40.0 Å². The molecule has 0 amide bonds. The van der Waals surface area contributed by atoms with Gasteiger partial charge in [0.05, 0.1) is 18.3 Å². The maximum atomic E-state index is 11.7. The van der Waals surface area contributed by atoms with Crippen LogP contribution in [0.15, 0.2) is 12.2 Å². The Balaban J connectivity index is 4.76. The topological polar surface area (TPSA) is 55.8 Å². The molecule has 0 rings (SSSR count). The number of carbonyl (C=O) groups is 1. The molecule has 0 saturated carbocycles. The largest absolute Gasteiger partial charge is 0.459 e. The van der Waals surface area contributed by atoms with E-state index < -0.39 is 0 Å². The van der Waals surface area contributed by atoms with Gasteiger partial charge in [0.2, 0.25) is 0 Å². The van der Waals surface area contributed by atoms with Crippen molar-refractivity contribution in [1.82, 2.24) is 0 Å². The van der Waals surface area contributed by atoms with Crippen molar-refractivity contribution in [3.05, 3.63) is 12.2 Å². The molecule has 4 unspecified atom stereocenters. The summed E-state index contributed by atoms with van der Waals surface area (Å²) >= 11 is 0. The van der Waals surface area contributed by atoms with E-state index in [2.05, 4.69) is 20.4 Å². The minimum Gasteiger partial charge on any atom is -0.459 e. The molecule has 0 heterocycles. The normalized spacial score (nSPS) is 15.9. The second-order valence-electron chi connectivity index (χ2n) is 7.69. The molecule has 0 aromatic heterocycles. The van der Waals surface area contributed by atoms with Gasteiger partial charge in [-0.1, -0.05) is 59.0 Å². The van der Waals surface area contributed by atoms with Crippen molar-refractivity contribution in [2.24, 2.45) is 0 Å². The molecule has 0 fully saturated rings. The molecule has 0 spiro atoms. The average molecular weight is 371 g/mol. The van der Waals surface area contributed by atoms with E-state index in [1.54, 1.807) is 6.92 Å². The van der Waals surface area contributed by atoms with Crippen molar-refractivity contribution >= 4 is 5.97 Å². The lowest BCUT2D eigenvalue weighted by molar-refractivity contribution is -0.146. The smallest absolute Gasteiger partial charge is 0.333 e. The summed E-state index contributed by atoms with van der Waals surface area (Å²) in [5.41, 5.74) is 0.423. The van der Waals surface area contributed by atoms with E-state index >= 15 is 0 Å². The standard InChI is InChI=1S/C22H42O4/c1-7-9-11-13-20(15-18(5)23)26-21(14-12-10-8-2)16-19(6)25-22(24)17(3)4/h18-21,23H,3,7-16H2,1-2,4-6H3. The number of ether oxygens (including phenoxy) is 2. The minimum absolute atomic E-state index is 0.0554. The van der Waals surface area contributed by atoms with Crippen LogP contribution in [0.2, 0.25) is 0 Å². The fourth-order valence-corrected chi connectivity index (χ4v) is 3.08. The Hall–Kier alpha value is -0.870. The molecule has 154 valence electrons. The molecule has 0 aliphatic carbocycles. The van der Waals surface area contributed by atoms with Crippen molar-refractivity contribution in [3.8, 4) is 0 Å². The number of aliphatic hydroxyl groups excluding tert-OH is 1. The second-order valence-corrected chi connectivity index (χ2v) is 7.69. The molecule has 0 aromatic rings. The molecule has 26 heavy (non-hydrogen) atoms. The summed E-state index contributed by atoms with van der Waals surface area (Å²) in [4.78, 5) is 11.7. The Bertz CT molecular complexity index is 378. The number of carbonyl (C=O) groups excluding carboxylic acids is 1. The molecule has 0 aromatic carbocycles. The summed E-state index contributed by atoms with van der Waals surface area (Å²) in [7, 11) is 0. The third-order valence-corrected chi connectivity index (χ3v) is 4.50. The zero-order valence-corrected chi connectivity index (χ0v) is 17.8. The Labute approximate surface area is 161 Å². The highest BCUT2D eigenvalue weighted by atomic mass is 16.5. The summed E-state index contributed by atoms with van der Waals surface area (Å²) in [5.74, 6) is -0.340. The van der Waals surface area contributed by atoms with Crippen molar-refractivity contribution < 1.29 is 19.4 Å². The van der Waals surface area contributed by atoms with Crippen LogP contribution >= 0.6 is 0 Å². The number of hydrogen-bond donors (Lipinski definition) is 1. The summed E-state index contributed by atoms with van der Waals surface area (Å²) in [6.45, 7) is 13.4. The van der Waals surface area contributed by atoms with Gasteiger partial charge in [-0.15, -0.1) is 0 Å². The van der Waals surface area contributed by atoms with E-state index in [-0.39, 0.29) is 30.4 Å². The van der Waals surface area contributed by atoms with E-state index in [0.29, 0.717) is 18.4 Å². The highest BCUT2D eigenvalue weighted by molar-refractivity contribution is 5.87. The van der Waals surface area contributed by atoms with Crippen LogP contribution in [0.5, 0.6) is 0 Å². The van der Waals surface area contributed by atoms with Gasteiger partial charge < -0.3 is 14.6 Å². The minimum atomic E-state index is -0.364. The SMILES string of the molecule is C=C(C)C(=O)OC(C)CC(CCCCC)OC(CCCCC)CC(C)O. The molecule has 0 saturated heterocycles. The van der Waals surface area contributed by atoms with E-state index in [4.69, 9.17) is 9.47 Å². The highest BCUT2D eigenvalue weighted by Crippen LogP contribution is 2.21. The molecule has 0 aliphatic heterocycles. The van der Waals surface area contributed by atoms with Gasteiger partial charge in [-0.2, -0.15) is 0 Å². The maximum absolute atomic E-state index is 11.7. The van der Waals surface area contributed by atoms with Crippen molar-refractivity contribution in [2.75, 3.05) is 0 Å². The van der Waals surface area contributed by atoms with Crippen LogP contribution in [0.4, 0.5) is 0 Å². The Morgan fingerprint density at radius 2 is 1.46 bits per heavy atom. The molecule has 4 heteroatoms. The van der Waals surface area contributed by atoms with Gasteiger partial charge in [-0.25, -0.2) is 4.79 Å². The third-order valence-electron chi connectivity index (χ3n) is 4.50. The number of esters is 1. The summed E-state index contributed by atoms with van der Waals surface area (Å²) in [6.07, 6.45) is 9.78. The fraction of sp³-hybridized carbons (Fsp3) is 0.864. The predicted molar refractivity (Wildman–Crippen MR) is 108 cm³/mol. The molecule has 1 N–H and O–H groups in total. The lowest BCUT2D eigenvalue weighted by atomic mass is 10.0. The van der Waals surface area contributed by atoms with Gasteiger partial charge in [0.25, 0.3) is 0 Å². The lowest BCUT2D eigenvalue weighted by Gasteiger charge is -2.28. The molecular formula is C22H42O4. The van der Waals surface area contributed by atoms with Crippen LogP contribution in [0, 0.1) is 0 Å². The zero-order chi connectivity index (χ0) is 19.9. The summed E-state index contributed by atoms with van der Waals surface area (Å²) in [6, 6.07) is 0. The summed E-state index contributed by atoms with van der Waals surface area (Å²) in [5, 5.41) is 9.81. The first-order valence-corrected chi connectivity index (χ1v) is 10.5. The van der Waals surface area contributed by atoms with Crippen LogP contribution in [0.3, 0.4) is 0 Å². The maximum Gasteiger partial charge on any atom is 0.333 e. The highest BCUT2D eigenvalue weighted by Gasteiger charge is 2.22. The zero-order valence-electron chi connectivity index (χ0n) is 17.8. The van der Waals surface area contributed by atoms with Gasteiger partial charge in [-0.3, -0.25) is 0 Å². The van der Waals surface area contributed by atoms with Gasteiger partial charge in [0.1, 0.15) is 6.10 Å². The van der Waals surface area contributed by atoms with Crippen LogP contribution in [-0.4, -0.2) is 35.5 Å². The average Bonchev–Trinajstić information content (AvgIpc) is 2.54. The molecule has 4 nitrogen and oxygen atoms in total. The number of hydrogen-bond acceptors (Lipinski definition) is 4. The molecule has 0 radical (unpaired) electrons. The molecule has 0 bridgehead atoms. The van der Waals surface area contributed by atoms with Crippen LogP contribution in [0.25, 0.3) is 0 Å². The van der Waals surface area contributed by atoms with Crippen molar-refractivity contribution in [2.45, 2.75) is 123 Å². The van der Waals surface area contributed by atoms with Crippen LogP contribution in [-0.2, 0) is 14.3 Å². The third kappa shape index (κ3) is 13.3. The second kappa shape index (κ2) is 15.2. The van der Waals surface area contributed by atoms with Gasteiger partial charge >= 0.3 is 5.97 Å². The van der Waals surface area contributed by atoms with E-state index in [1.807, 2.05) is 13.8 Å². The first-order chi connectivity index (χ1) is 12.3. The first-order valence-electron chi connectivity index (χ1n) is 10.5. The van der Waals surface area contributed by atoms with Gasteiger partial charge in [0, 0.05) is 12.0 Å². The lowest BCUT2D eigenvalue weighted by Crippen LogP contribution is -2.29. The molecular weight excluding hydrogens is 328 g/mol. The Morgan fingerprint density at radius 3 is 1.88 bits per heavy atom. The number of rotatable bonds is 16. The first kappa shape index (κ1) is 25.1. The Kier molecular flexibility index (Phi) is 14.7. The van der Waals surface area contributed by atoms with Crippen LogP contribution in [0.1, 0.15) is 98.8 Å². The number of aliphatic hydroxyl groups is 1. The van der Waals surface area contributed by atoms with E-state index in [0.717, 1.165) is 25.7 Å². The predicted octanol–water partition coefficient (Wildman–Crippen LogP) is 5.57. The Morgan fingerprint density at radius 1 is 0.962 bits per heavy atom.